The van der Waals surface area contributed by atoms with Gasteiger partial charge in [-0.15, -0.1) is 0 Å². The Morgan fingerprint density at radius 3 is 2.58 bits per heavy atom. The number of hydrogen-bond donors (Lipinski definition) is 2. The SMILES string of the molecule is COCC(CCO)NC(c1ccc(Cl)cc1)C1CC1. The highest BCUT2D eigenvalue weighted by Gasteiger charge is 2.33. The molecule has 0 heterocycles. The number of nitrogens with one attached hydrogen (secondary N) is 1. The van der Waals surface area contributed by atoms with E-state index in [1.807, 2.05) is 12.1 Å². The van der Waals surface area contributed by atoms with Crippen molar-refractivity contribution in [2.24, 2.45) is 5.92 Å². The van der Waals surface area contributed by atoms with Crippen molar-refractivity contribution in [2.45, 2.75) is 31.3 Å². The van der Waals surface area contributed by atoms with Crippen LogP contribution < -0.4 is 5.32 Å². The number of aliphatic hydroxyl groups is 1. The minimum Gasteiger partial charge on any atom is -0.396 e. The predicted molar refractivity (Wildman–Crippen MR) is 77.4 cm³/mol. The maximum Gasteiger partial charge on any atom is 0.0616 e. The molecule has 3 nitrogen and oxygen atoms in total. The fourth-order valence-electron chi connectivity index (χ4n) is 2.43. The minimum atomic E-state index is 0.180. The zero-order chi connectivity index (χ0) is 13.7. The van der Waals surface area contributed by atoms with E-state index in [1.165, 1.54) is 18.4 Å². The lowest BCUT2D eigenvalue weighted by molar-refractivity contribution is 0.140. The number of aliphatic hydroxyl groups excluding tert-OH is 1. The first-order valence-electron chi connectivity index (χ1n) is 6.86. The molecule has 1 fully saturated rings. The Kier molecular flexibility index (Phi) is 5.64. The molecule has 0 saturated heterocycles. The second-order valence-electron chi connectivity index (χ2n) is 5.20. The molecule has 2 atom stereocenters. The second kappa shape index (κ2) is 7.25. The summed E-state index contributed by atoms with van der Waals surface area (Å²) in [5.74, 6) is 0.694. The van der Waals surface area contributed by atoms with E-state index in [1.54, 1.807) is 7.11 Å². The van der Waals surface area contributed by atoms with Gasteiger partial charge in [0.2, 0.25) is 0 Å². The van der Waals surface area contributed by atoms with Crippen molar-refractivity contribution >= 4 is 11.6 Å². The fourth-order valence-corrected chi connectivity index (χ4v) is 2.56. The lowest BCUT2D eigenvalue weighted by atomic mass is 10.0. The maximum absolute atomic E-state index is 9.12. The molecule has 1 saturated carbocycles. The van der Waals surface area contributed by atoms with Crippen LogP contribution in [-0.4, -0.2) is 31.5 Å². The van der Waals surface area contributed by atoms with E-state index in [4.69, 9.17) is 21.4 Å². The van der Waals surface area contributed by atoms with Crippen molar-refractivity contribution in [1.29, 1.82) is 0 Å². The van der Waals surface area contributed by atoms with E-state index in [-0.39, 0.29) is 12.6 Å². The smallest absolute Gasteiger partial charge is 0.0616 e. The van der Waals surface area contributed by atoms with Gasteiger partial charge in [-0.3, -0.25) is 0 Å². The molecule has 106 valence electrons. The van der Waals surface area contributed by atoms with Gasteiger partial charge in [0, 0.05) is 30.8 Å². The van der Waals surface area contributed by atoms with Crippen LogP contribution in [0.15, 0.2) is 24.3 Å². The molecule has 1 aromatic carbocycles. The number of halogens is 1. The average Bonchev–Trinajstić information content (AvgIpc) is 3.22. The minimum absolute atomic E-state index is 0.180. The van der Waals surface area contributed by atoms with E-state index in [0.717, 1.165) is 5.02 Å². The van der Waals surface area contributed by atoms with Crippen molar-refractivity contribution < 1.29 is 9.84 Å². The molecule has 0 spiro atoms. The summed E-state index contributed by atoms with van der Waals surface area (Å²) in [5.41, 5.74) is 1.27. The zero-order valence-corrected chi connectivity index (χ0v) is 12.1. The molecule has 1 aliphatic carbocycles. The van der Waals surface area contributed by atoms with Gasteiger partial charge >= 0.3 is 0 Å². The molecule has 1 aliphatic rings. The quantitative estimate of drug-likeness (QED) is 0.771. The van der Waals surface area contributed by atoms with Crippen LogP contribution >= 0.6 is 11.6 Å². The van der Waals surface area contributed by atoms with Crippen LogP contribution in [0.4, 0.5) is 0 Å². The van der Waals surface area contributed by atoms with E-state index in [9.17, 15) is 0 Å². The monoisotopic (exact) mass is 283 g/mol. The Morgan fingerprint density at radius 1 is 1.37 bits per heavy atom. The highest BCUT2D eigenvalue weighted by molar-refractivity contribution is 6.30. The van der Waals surface area contributed by atoms with Crippen LogP contribution in [0, 0.1) is 5.92 Å². The first-order valence-corrected chi connectivity index (χ1v) is 7.23. The van der Waals surface area contributed by atoms with Crippen molar-refractivity contribution in [1.82, 2.24) is 5.32 Å². The molecule has 19 heavy (non-hydrogen) atoms. The normalized spacial score (nSPS) is 18.3. The molecule has 0 aromatic heterocycles. The van der Waals surface area contributed by atoms with Crippen LogP contribution in [-0.2, 0) is 4.74 Å². The molecule has 2 unspecified atom stereocenters. The summed E-state index contributed by atoms with van der Waals surface area (Å²) in [7, 11) is 1.69. The molecule has 4 heteroatoms. The van der Waals surface area contributed by atoms with E-state index in [0.29, 0.717) is 25.0 Å². The lowest BCUT2D eigenvalue weighted by Crippen LogP contribution is -2.38. The largest absolute Gasteiger partial charge is 0.396 e. The van der Waals surface area contributed by atoms with Gasteiger partial charge in [0.25, 0.3) is 0 Å². The first kappa shape index (κ1) is 14.8. The second-order valence-corrected chi connectivity index (χ2v) is 5.63. The van der Waals surface area contributed by atoms with E-state index >= 15 is 0 Å². The van der Waals surface area contributed by atoms with Gasteiger partial charge in [-0.1, -0.05) is 23.7 Å². The van der Waals surface area contributed by atoms with Gasteiger partial charge in [-0.2, -0.15) is 0 Å². The molecule has 2 N–H and O–H groups in total. The Hall–Kier alpha value is -0.610. The van der Waals surface area contributed by atoms with Crippen LogP contribution in [0.2, 0.25) is 5.02 Å². The van der Waals surface area contributed by atoms with Crippen LogP contribution in [0.5, 0.6) is 0 Å². The average molecular weight is 284 g/mol. The number of methoxy groups -OCH3 is 1. The summed E-state index contributed by atoms with van der Waals surface area (Å²) in [5, 5.41) is 13.5. The molecule has 0 radical (unpaired) electrons. The van der Waals surface area contributed by atoms with E-state index in [2.05, 4.69) is 17.4 Å². The van der Waals surface area contributed by atoms with E-state index < -0.39 is 0 Å². The summed E-state index contributed by atoms with van der Waals surface area (Å²) in [4.78, 5) is 0. The van der Waals surface area contributed by atoms with Gasteiger partial charge in [0.15, 0.2) is 0 Å². The molecule has 0 aliphatic heterocycles. The molecular formula is C15H22ClNO2. The summed E-state index contributed by atoms with van der Waals surface area (Å²) in [6.07, 6.45) is 3.24. The fraction of sp³-hybridized carbons (Fsp3) is 0.600. The Balaban J connectivity index is 2.04. The highest BCUT2D eigenvalue weighted by Crippen LogP contribution is 2.41. The summed E-state index contributed by atoms with van der Waals surface area (Å²) < 4.78 is 5.22. The Morgan fingerprint density at radius 2 is 2.05 bits per heavy atom. The zero-order valence-electron chi connectivity index (χ0n) is 11.3. The molecule has 2 rings (SSSR count). The van der Waals surface area contributed by atoms with Gasteiger partial charge < -0.3 is 15.2 Å². The molecule has 0 amide bonds. The van der Waals surface area contributed by atoms with Gasteiger partial charge in [-0.05, 0) is 42.9 Å². The number of hydrogen-bond acceptors (Lipinski definition) is 3. The van der Waals surface area contributed by atoms with Gasteiger partial charge in [0.05, 0.1) is 6.61 Å². The third kappa shape index (κ3) is 4.46. The predicted octanol–water partition coefficient (Wildman–Crippen LogP) is 2.78. The first-order chi connectivity index (χ1) is 9.24. The summed E-state index contributed by atoms with van der Waals surface area (Å²) in [6, 6.07) is 8.57. The molecular weight excluding hydrogens is 262 g/mol. The third-order valence-electron chi connectivity index (χ3n) is 3.58. The van der Waals surface area contributed by atoms with Gasteiger partial charge in [0.1, 0.15) is 0 Å². The summed E-state index contributed by atoms with van der Waals surface area (Å²) >= 11 is 5.94. The van der Waals surface area contributed by atoms with Crippen molar-refractivity contribution in [2.75, 3.05) is 20.3 Å². The van der Waals surface area contributed by atoms with Crippen molar-refractivity contribution in [3.8, 4) is 0 Å². The Labute approximate surface area is 119 Å². The van der Waals surface area contributed by atoms with Crippen LogP contribution in [0.25, 0.3) is 0 Å². The molecule has 0 bridgehead atoms. The highest BCUT2D eigenvalue weighted by atomic mass is 35.5. The Bertz CT molecular complexity index is 372. The lowest BCUT2D eigenvalue weighted by Gasteiger charge is -2.25. The third-order valence-corrected chi connectivity index (χ3v) is 3.84. The number of ether oxygens (including phenoxy) is 1. The van der Waals surface area contributed by atoms with Crippen molar-refractivity contribution in [3.05, 3.63) is 34.9 Å². The van der Waals surface area contributed by atoms with Gasteiger partial charge in [-0.25, -0.2) is 0 Å². The van der Waals surface area contributed by atoms with Crippen molar-refractivity contribution in [3.63, 3.8) is 0 Å². The number of benzene rings is 1. The summed E-state index contributed by atoms with van der Waals surface area (Å²) in [6.45, 7) is 0.802. The topological polar surface area (TPSA) is 41.5 Å². The van der Waals surface area contributed by atoms with Crippen LogP contribution in [0.3, 0.4) is 0 Å². The number of rotatable bonds is 8. The van der Waals surface area contributed by atoms with Crippen LogP contribution in [0.1, 0.15) is 30.9 Å². The standard InChI is InChI=1S/C15H22ClNO2/c1-19-10-14(8-9-18)17-15(11-2-3-11)12-4-6-13(16)7-5-12/h4-7,11,14-15,17-18H,2-3,8-10H2,1H3. The molecule has 1 aromatic rings. The maximum atomic E-state index is 9.12.